The van der Waals surface area contributed by atoms with Crippen LogP contribution in [0.25, 0.3) is 0 Å². The minimum Gasteiger partial charge on any atom is -0.355 e. The Morgan fingerprint density at radius 2 is 2.05 bits per heavy atom. The molecule has 19 heavy (non-hydrogen) atoms. The summed E-state index contributed by atoms with van der Waals surface area (Å²) in [5, 5.41) is 2.61. The minimum absolute atomic E-state index is 0.00538. The highest BCUT2D eigenvalue weighted by Gasteiger charge is 2.17. The molecule has 0 saturated heterocycles. The second kappa shape index (κ2) is 6.85. The predicted molar refractivity (Wildman–Crippen MR) is 73.2 cm³/mol. The largest absolute Gasteiger partial charge is 0.355 e. The fourth-order valence-electron chi connectivity index (χ4n) is 1.39. The molecule has 1 amide bonds. The number of nitrogens with one attached hydrogen (secondary N) is 2. The quantitative estimate of drug-likeness (QED) is 0.654. The maximum absolute atomic E-state index is 12.0. The molecule has 0 aliphatic rings. The summed E-state index contributed by atoms with van der Waals surface area (Å²) >= 11 is 5.91. The average molecular weight is 306 g/mol. The number of hydrogen-bond donors (Lipinski definition) is 3. The summed E-state index contributed by atoms with van der Waals surface area (Å²) < 4.78 is 26.3. The molecule has 8 heteroatoms. The van der Waals surface area contributed by atoms with Crippen LogP contribution in [0, 0.1) is 0 Å². The van der Waals surface area contributed by atoms with Crippen LogP contribution in [0.2, 0.25) is 5.02 Å². The molecule has 0 heterocycles. The lowest BCUT2D eigenvalue weighted by molar-refractivity contribution is -0.118. The van der Waals surface area contributed by atoms with Gasteiger partial charge in [0.15, 0.2) is 0 Å². The highest BCUT2D eigenvalue weighted by atomic mass is 35.5. The Morgan fingerprint density at radius 1 is 1.37 bits per heavy atom. The second-order valence-corrected chi connectivity index (χ2v) is 5.99. The van der Waals surface area contributed by atoms with Crippen LogP contribution in [0.15, 0.2) is 23.1 Å². The third kappa shape index (κ3) is 4.79. The number of halogens is 1. The van der Waals surface area contributed by atoms with Gasteiger partial charge >= 0.3 is 0 Å². The second-order valence-electron chi connectivity index (χ2n) is 3.85. The van der Waals surface area contributed by atoms with Crippen molar-refractivity contribution in [1.29, 1.82) is 0 Å². The van der Waals surface area contributed by atoms with E-state index in [0.717, 1.165) is 5.56 Å². The fraction of sp³-hybridized carbons (Fsp3) is 0.364. The molecule has 0 spiro atoms. The first-order chi connectivity index (χ1) is 8.86. The van der Waals surface area contributed by atoms with E-state index in [2.05, 4.69) is 10.0 Å². The molecule has 0 saturated carbocycles. The Hall–Kier alpha value is -1.15. The van der Waals surface area contributed by atoms with E-state index in [1.807, 2.05) is 0 Å². The van der Waals surface area contributed by atoms with Gasteiger partial charge in [0, 0.05) is 26.6 Å². The monoisotopic (exact) mass is 305 g/mol. The van der Waals surface area contributed by atoms with Crippen molar-refractivity contribution in [2.24, 2.45) is 5.73 Å². The number of carbonyl (C=O) groups is 1. The zero-order valence-electron chi connectivity index (χ0n) is 10.4. The number of carbonyl (C=O) groups excluding carboxylic acids is 1. The lowest BCUT2D eigenvalue weighted by atomic mass is 10.2. The highest BCUT2D eigenvalue weighted by Crippen LogP contribution is 2.22. The molecule has 6 nitrogen and oxygen atoms in total. The van der Waals surface area contributed by atoms with Crippen molar-refractivity contribution in [3.63, 3.8) is 0 Å². The lowest BCUT2D eigenvalue weighted by Crippen LogP contribution is -2.33. The third-order valence-electron chi connectivity index (χ3n) is 2.31. The molecule has 0 atom stereocenters. The molecule has 106 valence electrons. The van der Waals surface area contributed by atoms with E-state index < -0.39 is 10.0 Å². The lowest BCUT2D eigenvalue weighted by Gasteiger charge is -2.09. The molecule has 1 aromatic carbocycles. The van der Waals surface area contributed by atoms with Crippen molar-refractivity contribution in [1.82, 2.24) is 10.0 Å². The number of rotatable bonds is 6. The SMILES string of the molecule is CC(=O)NCCNS(=O)(=O)c1ccc(CN)cc1Cl. The molecule has 1 rings (SSSR count). The van der Waals surface area contributed by atoms with Gasteiger partial charge in [-0.2, -0.15) is 0 Å². The van der Waals surface area contributed by atoms with E-state index in [1.165, 1.54) is 19.1 Å². The first-order valence-corrected chi connectivity index (χ1v) is 7.45. The van der Waals surface area contributed by atoms with Gasteiger partial charge in [-0.1, -0.05) is 17.7 Å². The summed E-state index contributed by atoms with van der Waals surface area (Å²) in [5.74, 6) is -0.218. The van der Waals surface area contributed by atoms with Crippen molar-refractivity contribution < 1.29 is 13.2 Å². The highest BCUT2D eigenvalue weighted by molar-refractivity contribution is 7.89. The van der Waals surface area contributed by atoms with E-state index in [-0.39, 0.29) is 35.5 Å². The molecular weight excluding hydrogens is 290 g/mol. The first-order valence-electron chi connectivity index (χ1n) is 5.59. The van der Waals surface area contributed by atoms with Gasteiger partial charge < -0.3 is 11.1 Å². The van der Waals surface area contributed by atoms with Crippen molar-refractivity contribution in [3.05, 3.63) is 28.8 Å². The van der Waals surface area contributed by atoms with Gasteiger partial charge in [-0.25, -0.2) is 13.1 Å². The number of hydrogen-bond acceptors (Lipinski definition) is 4. The van der Waals surface area contributed by atoms with Crippen LogP contribution in [-0.2, 0) is 21.4 Å². The number of amides is 1. The maximum atomic E-state index is 12.0. The summed E-state index contributed by atoms with van der Waals surface area (Å²) in [5.41, 5.74) is 6.19. The predicted octanol–water partition coefficient (Wildman–Crippen LogP) is 0.213. The molecule has 0 aliphatic carbocycles. The third-order valence-corrected chi connectivity index (χ3v) is 4.26. The Morgan fingerprint density at radius 3 is 2.58 bits per heavy atom. The van der Waals surface area contributed by atoms with Crippen LogP contribution >= 0.6 is 11.6 Å². The smallest absolute Gasteiger partial charge is 0.242 e. The van der Waals surface area contributed by atoms with E-state index >= 15 is 0 Å². The minimum atomic E-state index is -3.69. The summed E-state index contributed by atoms with van der Waals surface area (Å²) in [7, 11) is -3.69. The first kappa shape index (κ1) is 15.9. The number of sulfonamides is 1. The summed E-state index contributed by atoms with van der Waals surface area (Å²) in [4.78, 5) is 10.6. The Bertz CT molecular complexity index is 560. The van der Waals surface area contributed by atoms with Crippen LogP contribution in [0.1, 0.15) is 12.5 Å². The summed E-state index contributed by atoms with van der Waals surface area (Å²) in [6.07, 6.45) is 0. The van der Waals surface area contributed by atoms with Gasteiger partial charge in [0.25, 0.3) is 0 Å². The Labute approximate surface area is 117 Å². The van der Waals surface area contributed by atoms with Crippen molar-refractivity contribution in [2.75, 3.05) is 13.1 Å². The van der Waals surface area contributed by atoms with E-state index in [1.54, 1.807) is 6.07 Å². The van der Waals surface area contributed by atoms with Crippen LogP contribution in [0.5, 0.6) is 0 Å². The van der Waals surface area contributed by atoms with Crippen LogP contribution < -0.4 is 15.8 Å². The van der Waals surface area contributed by atoms with Crippen LogP contribution in [-0.4, -0.2) is 27.4 Å². The molecule has 0 aromatic heterocycles. The topological polar surface area (TPSA) is 101 Å². The average Bonchev–Trinajstić information content (AvgIpc) is 2.34. The van der Waals surface area contributed by atoms with Crippen molar-refractivity contribution in [3.8, 4) is 0 Å². The standard InChI is InChI=1S/C11H16ClN3O3S/c1-8(16)14-4-5-15-19(17,18)11-3-2-9(7-13)6-10(11)12/h2-3,6,15H,4-5,7,13H2,1H3,(H,14,16). The molecule has 0 unspecified atom stereocenters. The zero-order chi connectivity index (χ0) is 14.5. The molecular formula is C11H16ClN3O3S. The van der Waals surface area contributed by atoms with Crippen LogP contribution in [0.4, 0.5) is 0 Å². The van der Waals surface area contributed by atoms with Crippen molar-refractivity contribution >= 4 is 27.5 Å². The fourth-order valence-corrected chi connectivity index (χ4v) is 2.99. The van der Waals surface area contributed by atoms with Gasteiger partial charge in [-0.15, -0.1) is 0 Å². The van der Waals surface area contributed by atoms with E-state index in [9.17, 15) is 13.2 Å². The summed E-state index contributed by atoms with van der Waals surface area (Å²) in [6, 6.07) is 4.53. The van der Waals surface area contributed by atoms with Crippen LogP contribution in [0.3, 0.4) is 0 Å². The molecule has 1 aromatic rings. The van der Waals surface area contributed by atoms with E-state index in [4.69, 9.17) is 17.3 Å². The van der Waals surface area contributed by atoms with Gasteiger partial charge in [-0.05, 0) is 17.7 Å². The summed E-state index contributed by atoms with van der Waals surface area (Å²) in [6.45, 7) is 1.96. The van der Waals surface area contributed by atoms with Gasteiger partial charge in [-0.3, -0.25) is 4.79 Å². The Balaban J connectivity index is 2.74. The molecule has 0 aliphatic heterocycles. The zero-order valence-corrected chi connectivity index (χ0v) is 12.0. The molecule has 0 fully saturated rings. The molecule has 0 bridgehead atoms. The van der Waals surface area contributed by atoms with Gasteiger partial charge in [0.2, 0.25) is 15.9 Å². The maximum Gasteiger partial charge on any atom is 0.242 e. The molecule has 4 N–H and O–H groups in total. The van der Waals surface area contributed by atoms with E-state index in [0.29, 0.717) is 0 Å². The number of benzene rings is 1. The number of nitrogens with two attached hydrogens (primary N) is 1. The van der Waals surface area contributed by atoms with Gasteiger partial charge in [0.05, 0.1) is 5.02 Å². The normalized spacial score (nSPS) is 11.3. The Kier molecular flexibility index (Phi) is 5.74. The van der Waals surface area contributed by atoms with Gasteiger partial charge in [0.1, 0.15) is 4.90 Å². The van der Waals surface area contributed by atoms with Crippen molar-refractivity contribution in [2.45, 2.75) is 18.4 Å². The molecule has 0 radical (unpaired) electrons.